The van der Waals surface area contributed by atoms with Crippen molar-refractivity contribution in [1.82, 2.24) is 0 Å². The summed E-state index contributed by atoms with van der Waals surface area (Å²) in [5.41, 5.74) is 4.01. The summed E-state index contributed by atoms with van der Waals surface area (Å²) < 4.78 is 10.0. The Balaban J connectivity index is 1.86. The van der Waals surface area contributed by atoms with E-state index in [9.17, 15) is 14.4 Å². The molecule has 1 aliphatic rings. The van der Waals surface area contributed by atoms with Crippen LogP contribution >= 0.6 is 0 Å². The first-order valence-electron chi connectivity index (χ1n) is 13.2. The van der Waals surface area contributed by atoms with Gasteiger partial charge in [-0.1, -0.05) is 49.6 Å². The third kappa shape index (κ3) is 8.72. The lowest BCUT2D eigenvalue weighted by Gasteiger charge is -2.30. The molecule has 1 fully saturated rings. The normalized spacial score (nSPS) is 14.6. The van der Waals surface area contributed by atoms with E-state index in [0.29, 0.717) is 6.54 Å². The van der Waals surface area contributed by atoms with E-state index in [1.165, 1.54) is 25.7 Å². The van der Waals surface area contributed by atoms with E-state index in [4.69, 9.17) is 9.47 Å². The molecule has 0 atom stereocenters. The molecular weight excluding hydrogens is 478 g/mol. The van der Waals surface area contributed by atoms with Gasteiger partial charge in [-0.3, -0.25) is 4.79 Å². The highest BCUT2D eigenvalue weighted by atomic mass is 16.6. The van der Waals surface area contributed by atoms with Crippen LogP contribution in [0.3, 0.4) is 0 Å². The molecule has 0 heterocycles. The maximum absolute atomic E-state index is 13.8. The van der Waals surface area contributed by atoms with E-state index in [2.05, 4.69) is 0 Å². The van der Waals surface area contributed by atoms with Crippen LogP contribution in [0.4, 0.5) is 5.69 Å². The summed E-state index contributed by atoms with van der Waals surface area (Å²) in [7, 11) is 1.34. The molecule has 202 valence electrons. The number of esters is 2. The van der Waals surface area contributed by atoms with Gasteiger partial charge in [-0.25, -0.2) is 9.59 Å². The maximum atomic E-state index is 13.8. The van der Waals surface area contributed by atoms with Crippen LogP contribution in [0, 0.1) is 12.8 Å². The number of ether oxygens (including phenoxy) is 2. The SMILES string of the molecule is COC(=O)/C=C/c1cccc(N(Cc2ccc(/C=C/C(=O)OC(C)(C)C)cc2C)C(=O)C2CCCCC2)c1. The molecule has 2 aromatic rings. The number of hydrogen-bond donors (Lipinski definition) is 0. The Morgan fingerprint density at radius 3 is 2.21 bits per heavy atom. The summed E-state index contributed by atoms with van der Waals surface area (Å²) in [6, 6.07) is 13.6. The van der Waals surface area contributed by atoms with E-state index in [-0.39, 0.29) is 17.8 Å². The van der Waals surface area contributed by atoms with Crippen molar-refractivity contribution in [1.29, 1.82) is 0 Å². The van der Waals surface area contributed by atoms with Crippen molar-refractivity contribution in [3.05, 3.63) is 76.9 Å². The Bertz CT molecular complexity index is 1200. The number of rotatable bonds is 8. The second-order valence-corrected chi connectivity index (χ2v) is 10.8. The number of anilines is 1. The van der Waals surface area contributed by atoms with Gasteiger partial charge in [0.15, 0.2) is 0 Å². The number of carbonyl (C=O) groups excluding carboxylic acids is 3. The minimum atomic E-state index is -0.540. The topological polar surface area (TPSA) is 72.9 Å². The van der Waals surface area contributed by atoms with Crippen molar-refractivity contribution in [2.24, 2.45) is 5.92 Å². The van der Waals surface area contributed by atoms with Crippen LogP contribution < -0.4 is 4.90 Å². The molecule has 6 heteroatoms. The van der Waals surface area contributed by atoms with E-state index >= 15 is 0 Å². The highest BCUT2D eigenvalue weighted by Gasteiger charge is 2.27. The molecule has 0 bridgehead atoms. The van der Waals surface area contributed by atoms with Gasteiger partial charge in [0.05, 0.1) is 13.7 Å². The Hall–Kier alpha value is -3.67. The molecular formula is C32H39NO5. The largest absolute Gasteiger partial charge is 0.466 e. The van der Waals surface area contributed by atoms with Crippen LogP contribution in [0.2, 0.25) is 0 Å². The van der Waals surface area contributed by atoms with Gasteiger partial charge in [0.25, 0.3) is 0 Å². The molecule has 1 saturated carbocycles. The Morgan fingerprint density at radius 2 is 1.58 bits per heavy atom. The van der Waals surface area contributed by atoms with Crippen molar-refractivity contribution in [3.63, 3.8) is 0 Å². The zero-order valence-electron chi connectivity index (χ0n) is 23.2. The monoisotopic (exact) mass is 517 g/mol. The van der Waals surface area contributed by atoms with Crippen molar-refractivity contribution in [2.45, 2.75) is 71.9 Å². The van der Waals surface area contributed by atoms with Gasteiger partial charge < -0.3 is 14.4 Å². The lowest BCUT2D eigenvalue weighted by molar-refractivity contribution is -0.148. The van der Waals surface area contributed by atoms with Crippen molar-refractivity contribution in [2.75, 3.05) is 12.0 Å². The fourth-order valence-electron chi connectivity index (χ4n) is 4.57. The van der Waals surface area contributed by atoms with Gasteiger partial charge in [-0.15, -0.1) is 0 Å². The standard InChI is InChI=1S/C32H39NO5/c1-23-20-25(16-19-30(35)38-32(2,3)4)14-17-27(23)22-33(31(36)26-11-7-6-8-12-26)28-13-9-10-24(21-28)15-18-29(34)37-5/h9-10,13-21,26H,6-8,11-12,22H2,1-5H3/b18-15+,19-16+. The zero-order chi connectivity index (χ0) is 27.7. The minimum Gasteiger partial charge on any atom is -0.466 e. The van der Waals surface area contributed by atoms with Gasteiger partial charge >= 0.3 is 11.9 Å². The molecule has 6 nitrogen and oxygen atoms in total. The summed E-state index contributed by atoms with van der Waals surface area (Å²) in [5.74, 6) is -0.673. The number of nitrogens with zero attached hydrogens (tertiary/aromatic N) is 1. The van der Waals surface area contributed by atoms with Crippen LogP contribution in [0.1, 0.15) is 75.1 Å². The molecule has 0 radical (unpaired) electrons. The summed E-state index contributed by atoms with van der Waals surface area (Å²) in [5, 5.41) is 0. The minimum absolute atomic E-state index is 0.00867. The molecule has 3 rings (SSSR count). The molecule has 0 spiro atoms. The van der Waals surface area contributed by atoms with Crippen LogP contribution in [0.5, 0.6) is 0 Å². The molecule has 0 aliphatic heterocycles. The van der Waals surface area contributed by atoms with Crippen LogP contribution in [0.15, 0.2) is 54.6 Å². The summed E-state index contributed by atoms with van der Waals surface area (Å²) in [6.45, 7) is 7.95. The summed E-state index contributed by atoms with van der Waals surface area (Å²) >= 11 is 0. The number of methoxy groups -OCH3 is 1. The first-order valence-corrected chi connectivity index (χ1v) is 13.2. The first-order chi connectivity index (χ1) is 18.1. The average molecular weight is 518 g/mol. The molecule has 38 heavy (non-hydrogen) atoms. The second-order valence-electron chi connectivity index (χ2n) is 10.8. The first kappa shape index (κ1) is 28.9. The lowest BCUT2D eigenvalue weighted by atomic mass is 9.88. The maximum Gasteiger partial charge on any atom is 0.331 e. The molecule has 2 aromatic carbocycles. The van der Waals surface area contributed by atoms with E-state index in [1.807, 2.05) is 75.1 Å². The highest BCUT2D eigenvalue weighted by molar-refractivity contribution is 5.95. The molecule has 1 aliphatic carbocycles. The summed E-state index contributed by atoms with van der Waals surface area (Å²) in [4.78, 5) is 39.3. The molecule has 0 saturated heterocycles. The van der Waals surface area contributed by atoms with Gasteiger partial charge in [-0.05, 0) is 87.1 Å². The van der Waals surface area contributed by atoms with Crippen molar-refractivity contribution < 1.29 is 23.9 Å². The fourth-order valence-corrected chi connectivity index (χ4v) is 4.57. The van der Waals surface area contributed by atoms with Crippen LogP contribution in [-0.4, -0.2) is 30.6 Å². The summed E-state index contributed by atoms with van der Waals surface area (Å²) in [6.07, 6.45) is 11.4. The fraction of sp³-hybridized carbons (Fsp3) is 0.406. The van der Waals surface area contributed by atoms with Gasteiger partial charge in [0.1, 0.15) is 5.60 Å². The van der Waals surface area contributed by atoms with E-state index in [1.54, 1.807) is 12.2 Å². The number of aryl methyl sites for hydroxylation is 1. The van der Waals surface area contributed by atoms with Gasteiger partial charge in [0.2, 0.25) is 5.91 Å². The average Bonchev–Trinajstić information content (AvgIpc) is 2.89. The second kappa shape index (κ2) is 13.2. The Morgan fingerprint density at radius 1 is 0.921 bits per heavy atom. The number of hydrogen-bond acceptors (Lipinski definition) is 5. The third-order valence-electron chi connectivity index (χ3n) is 6.53. The zero-order valence-corrected chi connectivity index (χ0v) is 23.2. The van der Waals surface area contributed by atoms with Gasteiger partial charge in [-0.2, -0.15) is 0 Å². The van der Waals surface area contributed by atoms with Crippen LogP contribution in [-0.2, 0) is 30.4 Å². The molecule has 1 amide bonds. The quantitative estimate of drug-likeness (QED) is 0.290. The smallest absolute Gasteiger partial charge is 0.331 e. The number of carbonyl (C=O) groups is 3. The number of benzene rings is 2. The molecule has 0 aromatic heterocycles. The molecule has 0 unspecified atom stereocenters. The lowest BCUT2D eigenvalue weighted by Crippen LogP contribution is -2.37. The predicted molar refractivity (Wildman–Crippen MR) is 151 cm³/mol. The number of amides is 1. The third-order valence-corrected chi connectivity index (χ3v) is 6.53. The Labute approximate surface area is 226 Å². The van der Waals surface area contributed by atoms with E-state index < -0.39 is 11.6 Å². The van der Waals surface area contributed by atoms with Crippen molar-refractivity contribution in [3.8, 4) is 0 Å². The van der Waals surface area contributed by atoms with Gasteiger partial charge in [0, 0.05) is 23.8 Å². The highest BCUT2D eigenvalue weighted by Crippen LogP contribution is 2.30. The Kier molecular flexibility index (Phi) is 10.1. The molecule has 0 N–H and O–H groups in total. The van der Waals surface area contributed by atoms with E-state index in [0.717, 1.165) is 53.6 Å². The predicted octanol–water partition coefficient (Wildman–Crippen LogP) is 6.65. The van der Waals surface area contributed by atoms with Crippen molar-refractivity contribution >= 4 is 35.7 Å². The van der Waals surface area contributed by atoms with Crippen LogP contribution in [0.25, 0.3) is 12.2 Å².